The first kappa shape index (κ1) is 19.6. The molecule has 0 bridgehead atoms. The van der Waals surface area contributed by atoms with E-state index in [9.17, 15) is 4.79 Å². The van der Waals surface area contributed by atoms with Crippen LogP contribution in [0.4, 0.5) is 0 Å². The fraction of sp³-hybridized carbons (Fsp3) is 0.478. The number of benzene rings is 1. The Labute approximate surface area is 162 Å². The summed E-state index contributed by atoms with van der Waals surface area (Å²) in [7, 11) is 0. The molecule has 1 N–H and O–H groups in total. The number of hydrogen-bond donors (Lipinski definition) is 1. The number of amides is 1. The number of ether oxygens (including phenoxy) is 1. The van der Waals surface area contributed by atoms with E-state index >= 15 is 0 Å². The maximum absolute atomic E-state index is 13.7. The molecular formula is C23H30N2O2. The Morgan fingerprint density at radius 2 is 1.89 bits per heavy atom. The average Bonchev–Trinajstić information content (AvgIpc) is 2.79. The predicted molar refractivity (Wildman–Crippen MR) is 107 cm³/mol. The van der Waals surface area contributed by atoms with Crippen molar-refractivity contribution in [1.29, 1.82) is 0 Å². The number of carbonyl (C=O) groups is 1. The summed E-state index contributed by atoms with van der Waals surface area (Å²) in [6.45, 7) is 6.48. The van der Waals surface area contributed by atoms with Crippen molar-refractivity contribution in [1.82, 2.24) is 10.3 Å². The molecule has 0 spiro atoms. The molecule has 0 radical (unpaired) electrons. The van der Waals surface area contributed by atoms with Gasteiger partial charge < -0.3 is 10.1 Å². The molecule has 27 heavy (non-hydrogen) atoms. The van der Waals surface area contributed by atoms with Gasteiger partial charge in [-0.25, -0.2) is 0 Å². The summed E-state index contributed by atoms with van der Waals surface area (Å²) < 4.78 is 5.77. The van der Waals surface area contributed by atoms with E-state index in [1.165, 1.54) is 0 Å². The smallest absolute Gasteiger partial charge is 0.231 e. The van der Waals surface area contributed by atoms with Gasteiger partial charge in [-0.05, 0) is 54.4 Å². The second-order valence-corrected chi connectivity index (χ2v) is 7.65. The van der Waals surface area contributed by atoms with Crippen LogP contribution < -0.4 is 5.32 Å². The number of aromatic nitrogens is 1. The summed E-state index contributed by atoms with van der Waals surface area (Å²) >= 11 is 0. The molecule has 0 saturated carbocycles. The van der Waals surface area contributed by atoms with E-state index in [2.05, 4.69) is 36.3 Å². The Balaban J connectivity index is 1.94. The SMILES string of the molecule is CC1[C@H](C)CCOCCCC1(C(=O)NCc1ccncc1)c1ccccc1. The van der Waals surface area contributed by atoms with Gasteiger partial charge in [-0.1, -0.05) is 44.2 Å². The van der Waals surface area contributed by atoms with Gasteiger partial charge in [0.2, 0.25) is 5.91 Å². The van der Waals surface area contributed by atoms with Gasteiger partial charge in [-0.2, -0.15) is 0 Å². The molecule has 1 saturated heterocycles. The molecule has 0 aliphatic carbocycles. The lowest BCUT2D eigenvalue weighted by molar-refractivity contribution is -0.130. The minimum absolute atomic E-state index is 0.117. The van der Waals surface area contributed by atoms with Crippen molar-refractivity contribution in [3.8, 4) is 0 Å². The van der Waals surface area contributed by atoms with Crippen LogP contribution in [0, 0.1) is 11.8 Å². The van der Waals surface area contributed by atoms with Crippen LogP contribution >= 0.6 is 0 Å². The van der Waals surface area contributed by atoms with Gasteiger partial charge in [0.1, 0.15) is 0 Å². The van der Waals surface area contributed by atoms with Crippen LogP contribution in [-0.2, 0) is 21.5 Å². The predicted octanol–water partition coefficient (Wildman–Crippen LogP) is 4.11. The largest absolute Gasteiger partial charge is 0.381 e. The number of pyridine rings is 1. The van der Waals surface area contributed by atoms with Crippen molar-refractivity contribution in [2.75, 3.05) is 13.2 Å². The van der Waals surface area contributed by atoms with Crippen molar-refractivity contribution in [3.63, 3.8) is 0 Å². The number of hydrogen-bond acceptors (Lipinski definition) is 3. The first-order valence-corrected chi connectivity index (χ1v) is 9.95. The van der Waals surface area contributed by atoms with Crippen LogP contribution in [0.5, 0.6) is 0 Å². The molecule has 1 aliphatic heterocycles. The van der Waals surface area contributed by atoms with E-state index in [-0.39, 0.29) is 11.8 Å². The molecule has 1 aromatic carbocycles. The van der Waals surface area contributed by atoms with Gasteiger partial charge in [0.25, 0.3) is 0 Å². The Morgan fingerprint density at radius 3 is 2.63 bits per heavy atom. The summed E-state index contributed by atoms with van der Waals surface area (Å²) in [5.74, 6) is 0.737. The zero-order valence-corrected chi connectivity index (χ0v) is 16.4. The minimum Gasteiger partial charge on any atom is -0.381 e. The van der Waals surface area contributed by atoms with E-state index in [1.807, 2.05) is 30.3 Å². The van der Waals surface area contributed by atoms with Crippen LogP contribution in [0.2, 0.25) is 0 Å². The number of nitrogens with one attached hydrogen (secondary N) is 1. The molecule has 3 atom stereocenters. The third-order valence-electron chi connectivity index (χ3n) is 6.10. The van der Waals surface area contributed by atoms with Crippen LogP contribution in [0.3, 0.4) is 0 Å². The summed E-state index contributed by atoms with van der Waals surface area (Å²) in [4.78, 5) is 17.7. The van der Waals surface area contributed by atoms with Crippen LogP contribution in [0.1, 0.15) is 44.2 Å². The summed E-state index contributed by atoms with van der Waals surface area (Å²) in [6, 6.07) is 14.2. The molecular weight excluding hydrogens is 336 g/mol. The summed E-state index contributed by atoms with van der Waals surface area (Å²) in [6.07, 6.45) is 6.18. The highest BCUT2D eigenvalue weighted by molar-refractivity contribution is 5.88. The highest BCUT2D eigenvalue weighted by Crippen LogP contribution is 2.42. The molecule has 1 amide bonds. The lowest BCUT2D eigenvalue weighted by atomic mass is 9.63. The van der Waals surface area contributed by atoms with E-state index < -0.39 is 5.41 Å². The fourth-order valence-electron chi connectivity index (χ4n) is 4.22. The van der Waals surface area contributed by atoms with Crippen LogP contribution in [0.25, 0.3) is 0 Å². The van der Waals surface area contributed by atoms with E-state index in [1.54, 1.807) is 12.4 Å². The maximum Gasteiger partial charge on any atom is 0.231 e. The third kappa shape index (κ3) is 4.38. The van der Waals surface area contributed by atoms with E-state index in [0.717, 1.165) is 37.0 Å². The highest BCUT2D eigenvalue weighted by Gasteiger charge is 2.46. The zero-order chi connectivity index (χ0) is 19.1. The first-order chi connectivity index (χ1) is 13.1. The number of carbonyl (C=O) groups excluding carboxylic acids is 1. The third-order valence-corrected chi connectivity index (χ3v) is 6.10. The molecule has 3 rings (SSSR count). The van der Waals surface area contributed by atoms with E-state index in [4.69, 9.17) is 4.74 Å². The molecule has 1 aliphatic rings. The summed E-state index contributed by atoms with van der Waals surface area (Å²) in [5.41, 5.74) is 1.63. The molecule has 2 unspecified atom stereocenters. The zero-order valence-electron chi connectivity index (χ0n) is 16.4. The van der Waals surface area contributed by atoms with Crippen molar-refractivity contribution in [2.24, 2.45) is 11.8 Å². The fourth-order valence-corrected chi connectivity index (χ4v) is 4.22. The Hall–Kier alpha value is -2.20. The van der Waals surface area contributed by atoms with Crippen molar-refractivity contribution in [2.45, 2.75) is 45.1 Å². The van der Waals surface area contributed by atoms with Crippen molar-refractivity contribution >= 4 is 5.91 Å². The molecule has 4 nitrogen and oxygen atoms in total. The Morgan fingerprint density at radius 1 is 1.15 bits per heavy atom. The standard InChI is InChI=1S/C23H30N2O2/c1-18-11-16-27-15-6-12-23(19(18)2,21-7-4-3-5-8-21)22(26)25-17-20-9-13-24-14-10-20/h3-5,7-10,13-14,18-19H,6,11-12,15-17H2,1-2H3,(H,25,26)/t18-,19?,23?/m1/s1. The lowest BCUT2D eigenvalue weighted by Crippen LogP contribution is -2.50. The molecule has 2 heterocycles. The van der Waals surface area contributed by atoms with Gasteiger partial charge in [0, 0.05) is 32.2 Å². The summed E-state index contributed by atoms with van der Waals surface area (Å²) in [5, 5.41) is 3.22. The monoisotopic (exact) mass is 366 g/mol. The first-order valence-electron chi connectivity index (χ1n) is 9.95. The van der Waals surface area contributed by atoms with Gasteiger partial charge in [0.05, 0.1) is 5.41 Å². The molecule has 1 fully saturated rings. The van der Waals surface area contributed by atoms with Gasteiger partial charge in [-0.3, -0.25) is 9.78 Å². The van der Waals surface area contributed by atoms with Crippen molar-refractivity contribution < 1.29 is 9.53 Å². The maximum atomic E-state index is 13.7. The lowest BCUT2D eigenvalue weighted by Gasteiger charge is -2.41. The van der Waals surface area contributed by atoms with Gasteiger partial charge >= 0.3 is 0 Å². The van der Waals surface area contributed by atoms with Gasteiger partial charge in [0.15, 0.2) is 0 Å². The normalized spacial score (nSPS) is 26.4. The second-order valence-electron chi connectivity index (χ2n) is 7.65. The topological polar surface area (TPSA) is 51.2 Å². The minimum atomic E-state index is -0.540. The Kier molecular flexibility index (Phi) is 6.62. The van der Waals surface area contributed by atoms with Crippen LogP contribution in [-0.4, -0.2) is 24.1 Å². The second kappa shape index (κ2) is 9.14. The van der Waals surface area contributed by atoms with Crippen LogP contribution in [0.15, 0.2) is 54.9 Å². The molecule has 2 aromatic rings. The Bertz CT molecular complexity index is 720. The number of rotatable bonds is 4. The molecule has 1 aromatic heterocycles. The average molecular weight is 367 g/mol. The van der Waals surface area contributed by atoms with Gasteiger partial charge in [-0.15, -0.1) is 0 Å². The van der Waals surface area contributed by atoms with Crippen molar-refractivity contribution in [3.05, 3.63) is 66.0 Å². The van der Waals surface area contributed by atoms with E-state index in [0.29, 0.717) is 19.1 Å². The highest BCUT2D eigenvalue weighted by atomic mass is 16.5. The molecule has 144 valence electrons. The quantitative estimate of drug-likeness (QED) is 0.886. The number of nitrogens with zero attached hydrogens (tertiary/aromatic N) is 1. The molecule has 4 heteroatoms.